The van der Waals surface area contributed by atoms with Crippen molar-refractivity contribution >= 4 is 17.4 Å². The molecule has 1 aromatic heterocycles. The maximum Gasteiger partial charge on any atom is 0.319 e. The second kappa shape index (κ2) is 9.23. The molecule has 27 heavy (non-hydrogen) atoms. The molecule has 7 nitrogen and oxygen atoms in total. The molecule has 0 saturated heterocycles. The number of carbonyl (C=O) groups excluding carboxylic acids is 1. The van der Waals surface area contributed by atoms with Crippen molar-refractivity contribution in [3.8, 4) is 5.88 Å². The highest BCUT2D eigenvalue weighted by Gasteiger charge is 2.15. The van der Waals surface area contributed by atoms with Crippen LogP contribution in [-0.4, -0.2) is 36.3 Å². The molecular formula is C20H28N4O3. The van der Waals surface area contributed by atoms with Gasteiger partial charge in [-0.25, -0.2) is 9.78 Å². The van der Waals surface area contributed by atoms with Gasteiger partial charge in [-0.1, -0.05) is 6.07 Å². The van der Waals surface area contributed by atoms with Crippen molar-refractivity contribution in [3.63, 3.8) is 0 Å². The number of aromatic nitrogens is 1. The number of urea groups is 1. The molecule has 0 saturated carbocycles. The van der Waals surface area contributed by atoms with E-state index in [1.54, 1.807) is 19.9 Å². The Kier molecular flexibility index (Phi) is 7.01. The SMILES string of the molecule is COc1nc(C)c(C(C)O)cc1NC(=O)NCCNc1cc(C)cc(C)c1. The van der Waals surface area contributed by atoms with Gasteiger partial charge < -0.3 is 25.8 Å². The highest BCUT2D eigenvalue weighted by Crippen LogP contribution is 2.27. The van der Waals surface area contributed by atoms with Crippen LogP contribution in [0.5, 0.6) is 5.88 Å². The largest absolute Gasteiger partial charge is 0.480 e. The third-order valence-electron chi connectivity index (χ3n) is 4.07. The van der Waals surface area contributed by atoms with Crippen molar-refractivity contribution in [3.05, 3.63) is 46.6 Å². The second-order valence-corrected chi connectivity index (χ2v) is 6.58. The van der Waals surface area contributed by atoms with E-state index >= 15 is 0 Å². The molecule has 2 rings (SSSR count). The first-order chi connectivity index (χ1) is 12.8. The van der Waals surface area contributed by atoms with Gasteiger partial charge >= 0.3 is 6.03 Å². The summed E-state index contributed by atoms with van der Waals surface area (Å²) in [6.07, 6.45) is -0.686. The van der Waals surface area contributed by atoms with Crippen LogP contribution in [0.2, 0.25) is 0 Å². The molecule has 0 aliphatic carbocycles. The Hall–Kier alpha value is -2.80. The number of nitrogens with zero attached hydrogens (tertiary/aromatic N) is 1. The fraction of sp³-hybridized carbons (Fsp3) is 0.400. The van der Waals surface area contributed by atoms with E-state index in [1.165, 1.54) is 18.2 Å². The number of ether oxygens (including phenoxy) is 1. The van der Waals surface area contributed by atoms with Crippen molar-refractivity contribution in [2.24, 2.45) is 0 Å². The van der Waals surface area contributed by atoms with Crippen LogP contribution in [0.15, 0.2) is 24.3 Å². The van der Waals surface area contributed by atoms with E-state index in [1.807, 2.05) is 13.8 Å². The third kappa shape index (κ3) is 5.86. The Morgan fingerprint density at radius 2 is 1.81 bits per heavy atom. The molecule has 0 aliphatic rings. The molecule has 1 heterocycles. The van der Waals surface area contributed by atoms with Gasteiger partial charge in [0.1, 0.15) is 5.69 Å². The van der Waals surface area contributed by atoms with Gasteiger partial charge in [0, 0.05) is 30.0 Å². The molecular weight excluding hydrogens is 344 g/mol. The highest BCUT2D eigenvalue weighted by atomic mass is 16.5. The molecule has 0 fully saturated rings. The van der Waals surface area contributed by atoms with Gasteiger partial charge in [0.15, 0.2) is 0 Å². The van der Waals surface area contributed by atoms with E-state index in [-0.39, 0.29) is 6.03 Å². The van der Waals surface area contributed by atoms with Crippen molar-refractivity contribution in [2.45, 2.75) is 33.8 Å². The van der Waals surface area contributed by atoms with Crippen LogP contribution in [0.25, 0.3) is 0 Å². The number of pyridine rings is 1. The summed E-state index contributed by atoms with van der Waals surface area (Å²) in [4.78, 5) is 16.5. The summed E-state index contributed by atoms with van der Waals surface area (Å²) < 4.78 is 5.22. The lowest BCUT2D eigenvalue weighted by Crippen LogP contribution is -2.33. The highest BCUT2D eigenvalue weighted by molar-refractivity contribution is 5.90. The van der Waals surface area contributed by atoms with E-state index in [0.29, 0.717) is 35.9 Å². The van der Waals surface area contributed by atoms with Crippen LogP contribution in [-0.2, 0) is 0 Å². The standard InChI is InChI=1S/C20H28N4O3/c1-12-8-13(2)10-16(9-12)21-6-7-22-20(26)24-18-11-17(15(4)25)14(3)23-19(18)27-5/h8-11,15,21,25H,6-7H2,1-5H3,(H2,22,24,26). The lowest BCUT2D eigenvalue weighted by Gasteiger charge is -2.15. The van der Waals surface area contributed by atoms with Gasteiger partial charge in [0.2, 0.25) is 5.88 Å². The number of methoxy groups -OCH3 is 1. The zero-order valence-electron chi connectivity index (χ0n) is 16.5. The number of aliphatic hydroxyl groups is 1. The van der Waals surface area contributed by atoms with Gasteiger partial charge in [0.05, 0.1) is 13.2 Å². The van der Waals surface area contributed by atoms with Crippen molar-refractivity contribution in [1.29, 1.82) is 0 Å². The monoisotopic (exact) mass is 372 g/mol. The second-order valence-electron chi connectivity index (χ2n) is 6.58. The Morgan fingerprint density at radius 1 is 1.15 bits per heavy atom. The number of amides is 2. The molecule has 4 N–H and O–H groups in total. The molecule has 0 bridgehead atoms. The number of nitrogens with one attached hydrogen (secondary N) is 3. The summed E-state index contributed by atoms with van der Waals surface area (Å²) in [6, 6.07) is 7.55. The summed E-state index contributed by atoms with van der Waals surface area (Å²) in [5, 5.41) is 18.6. The van der Waals surface area contributed by atoms with Gasteiger partial charge in [-0.05, 0) is 57.0 Å². The average molecular weight is 372 g/mol. The first-order valence-corrected chi connectivity index (χ1v) is 8.90. The van der Waals surface area contributed by atoms with E-state index in [4.69, 9.17) is 4.74 Å². The van der Waals surface area contributed by atoms with E-state index in [9.17, 15) is 9.90 Å². The van der Waals surface area contributed by atoms with Crippen LogP contribution < -0.4 is 20.7 Å². The van der Waals surface area contributed by atoms with Crippen LogP contribution in [0.3, 0.4) is 0 Å². The number of hydrogen-bond acceptors (Lipinski definition) is 5. The number of aryl methyl sites for hydroxylation is 3. The minimum absolute atomic E-state index is 0.306. The summed E-state index contributed by atoms with van der Waals surface area (Å²) in [6.45, 7) is 8.58. The van der Waals surface area contributed by atoms with Gasteiger partial charge in [-0.15, -0.1) is 0 Å². The van der Waals surface area contributed by atoms with Crippen LogP contribution in [0, 0.1) is 20.8 Å². The van der Waals surface area contributed by atoms with Crippen molar-refractivity contribution < 1.29 is 14.6 Å². The summed E-state index contributed by atoms with van der Waals surface area (Å²) in [7, 11) is 1.49. The quantitative estimate of drug-likeness (QED) is 0.559. The maximum absolute atomic E-state index is 12.2. The fourth-order valence-electron chi connectivity index (χ4n) is 2.89. The van der Waals surface area contributed by atoms with Gasteiger partial charge in [-0.3, -0.25) is 0 Å². The third-order valence-corrected chi connectivity index (χ3v) is 4.07. The fourth-order valence-corrected chi connectivity index (χ4v) is 2.89. The summed E-state index contributed by atoms with van der Waals surface area (Å²) in [5.41, 5.74) is 5.12. The lowest BCUT2D eigenvalue weighted by molar-refractivity contribution is 0.198. The predicted octanol–water partition coefficient (Wildman–Crippen LogP) is 3.30. The first-order valence-electron chi connectivity index (χ1n) is 8.90. The number of rotatable bonds is 7. The van der Waals surface area contributed by atoms with Crippen LogP contribution in [0.1, 0.15) is 35.4 Å². The molecule has 1 unspecified atom stereocenters. The molecule has 0 aliphatic heterocycles. The Bertz CT molecular complexity index is 786. The van der Waals surface area contributed by atoms with Crippen molar-refractivity contribution in [2.75, 3.05) is 30.8 Å². The summed E-state index contributed by atoms with van der Waals surface area (Å²) >= 11 is 0. The average Bonchev–Trinajstić information content (AvgIpc) is 2.58. The molecule has 2 amide bonds. The minimum Gasteiger partial charge on any atom is -0.480 e. The number of anilines is 2. The molecule has 7 heteroatoms. The smallest absolute Gasteiger partial charge is 0.319 e. The first kappa shape index (κ1) is 20.5. The molecule has 0 spiro atoms. The molecule has 0 radical (unpaired) electrons. The summed E-state index contributed by atoms with van der Waals surface area (Å²) in [5.74, 6) is 0.306. The minimum atomic E-state index is -0.686. The Labute approximate surface area is 160 Å². The van der Waals surface area contributed by atoms with Crippen molar-refractivity contribution in [1.82, 2.24) is 10.3 Å². The van der Waals surface area contributed by atoms with Crippen LogP contribution >= 0.6 is 0 Å². The lowest BCUT2D eigenvalue weighted by atomic mass is 10.1. The number of carbonyl (C=O) groups is 1. The zero-order valence-corrected chi connectivity index (χ0v) is 16.5. The van der Waals surface area contributed by atoms with Gasteiger partial charge in [0.25, 0.3) is 0 Å². The topological polar surface area (TPSA) is 95.5 Å². The number of aliphatic hydroxyl groups excluding tert-OH is 1. The van der Waals surface area contributed by atoms with Gasteiger partial charge in [-0.2, -0.15) is 0 Å². The predicted molar refractivity (Wildman–Crippen MR) is 108 cm³/mol. The normalized spacial score (nSPS) is 11.6. The number of hydrogen-bond donors (Lipinski definition) is 4. The molecule has 146 valence electrons. The number of benzene rings is 1. The Balaban J connectivity index is 1.91. The molecule has 2 aromatic rings. The Morgan fingerprint density at radius 3 is 2.41 bits per heavy atom. The zero-order chi connectivity index (χ0) is 20.0. The molecule has 1 atom stereocenters. The van der Waals surface area contributed by atoms with E-state index in [0.717, 1.165) is 5.69 Å². The maximum atomic E-state index is 12.2. The van der Waals surface area contributed by atoms with E-state index < -0.39 is 6.10 Å². The van der Waals surface area contributed by atoms with E-state index in [2.05, 4.69) is 39.1 Å². The molecule has 1 aromatic carbocycles. The van der Waals surface area contributed by atoms with Crippen LogP contribution in [0.4, 0.5) is 16.2 Å².